The van der Waals surface area contributed by atoms with Crippen LogP contribution in [-0.4, -0.2) is 40.7 Å². The van der Waals surface area contributed by atoms with Gasteiger partial charge in [0, 0.05) is 17.9 Å². The molecule has 1 amide bonds. The molecule has 8 nitrogen and oxygen atoms in total. The van der Waals surface area contributed by atoms with Crippen molar-refractivity contribution in [3.05, 3.63) is 60.2 Å². The highest BCUT2D eigenvalue weighted by Gasteiger charge is 2.14. The summed E-state index contributed by atoms with van der Waals surface area (Å²) in [6.45, 7) is 0. The second-order valence-corrected chi connectivity index (χ2v) is 8.04. The molecule has 0 saturated carbocycles. The lowest BCUT2D eigenvalue weighted by atomic mass is 10.2. The smallest absolute Gasteiger partial charge is 0.256 e. The molecule has 3 N–H and O–H groups in total. The summed E-state index contributed by atoms with van der Waals surface area (Å²) in [5.74, 6) is 0.451. The molecule has 0 fully saturated rings. The zero-order valence-corrected chi connectivity index (χ0v) is 15.0. The second-order valence-electron chi connectivity index (χ2n) is 6.02. The molecular weight excluding hydrogens is 366 g/mol. The van der Waals surface area contributed by atoms with E-state index in [2.05, 4.69) is 25.5 Å². The summed E-state index contributed by atoms with van der Waals surface area (Å²) in [5, 5.41) is 9.53. The van der Waals surface area contributed by atoms with Gasteiger partial charge in [-0.05, 0) is 30.3 Å². The van der Waals surface area contributed by atoms with Crippen molar-refractivity contribution in [2.45, 2.75) is 4.90 Å². The molecule has 136 valence electrons. The molecule has 9 heteroatoms. The van der Waals surface area contributed by atoms with Crippen LogP contribution in [0.3, 0.4) is 0 Å². The first-order valence-corrected chi connectivity index (χ1v) is 9.91. The van der Waals surface area contributed by atoms with Gasteiger partial charge in [0.25, 0.3) is 5.91 Å². The lowest BCUT2D eigenvalue weighted by Crippen LogP contribution is -2.13. The van der Waals surface area contributed by atoms with Gasteiger partial charge in [0.1, 0.15) is 5.69 Å². The predicted molar refractivity (Wildman–Crippen MR) is 101 cm³/mol. The third-order valence-corrected chi connectivity index (χ3v) is 5.10. The summed E-state index contributed by atoms with van der Waals surface area (Å²) < 4.78 is 23.3. The number of benzene rings is 2. The van der Waals surface area contributed by atoms with E-state index in [0.717, 1.165) is 17.3 Å². The van der Waals surface area contributed by atoms with Gasteiger partial charge in [-0.15, -0.1) is 0 Å². The molecule has 0 aliphatic carbocycles. The number of hydrogen-bond donors (Lipinski definition) is 3. The Hall–Kier alpha value is -3.46. The maximum absolute atomic E-state index is 12.4. The minimum Gasteiger partial charge on any atom is -0.337 e. The Balaban J connectivity index is 1.56. The van der Waals surface area contributed by atoms with Gasteiger partial charge in [-0.3, -0.25) is 9.89 Å². The fourth-order valence-electron chi connectivity index (χ4n) is 2.64. The first-order valence-electron chi connectivity index (χ1n) is 8.02. The third kappa shape index (κ3) is 3.44. The monoisotopic (exact) mass is 381 g/mol. The van der Waals surface area contributed by atoms with Crippen LogP contribution in [0.1, 0.15) is 10.4 Å². The maximum Gasteiger partial charge on any atom is 0.256 e. The van der Waals surface area contributed by atoms with Crippen LogP contribution in [0.25, 0.3) is 22.6 Å². The number of carbonyl (C=O) groups is 1. The summed E-state index contributed by atoms with van der Waals surface area (Å²) in [6, 6.07) is 15.1. The number of nitrogens with one attached hydrogen (secondary N) is 3. The fraction of sp³-hybridized carbons (Fsp3) is 0.0556. The number of hydrogen-bond acceptors (Lipinski definition) is 5. The lowest BCUT2D eigenvalue weighted by molar-refractivity contribution is 0.102. The van der Waals surface area contributed by atoms with Crippen molar-refractivity contribution in [1.29, 1.82) is 0 Å². The van der Waals surface area contributed by atoms with E-state index in [1.807, 2.05) is 24.3 Å². The summed E-state index contributed by atoms with van der Waals surface area (Å²) in [4.78, 5) is 20.1. The van der Waals surface area contributed by atoms with Gasteiger partial charge in [0.2, 0.25) is 0 Å². The Bertz CT molecular complexity index is 1220. The van der Waals surface area contributed by atoms with E-state index >= 15 is 0 Å². The SMILES string of the molecule is CS(=O)(=O)c1cccc(C(=O)Nc2cc(-c3nc4ccccc4[nH]3)[nH]n2)c1. The van der Waals surface area contributed by atoms with Gasteiger partial charge in [-0.2, -0.15) is 5.10 Å². The Morgan fingerprint density at radius 2 is 1.89 bits per heavy atom. The Morgan fingerprint density at radius 3 is 2.67 bits per heavy atom. The van der Waals surface area contributed by atoms with E-state index in [1.165, 1.54) is 24.3 Å². The van der Waals surface area contributed by atoms with Gasteiger partial charge < -0.3 is 10.3 Å². The van der Waals surface area contributed by atoms with Crippen LogP contribution in [0.2, 0.25) is 0 Å². The number of amides is 1. The predicted octanol–water partition coefficient (Wildman–Crippen LogP) is 2.61. The zero-order chi connectivity index (χ0) is 19.0. The molecule has 0 radical (unpaired) electrons. The molecule has 27 heavy (non-hydrogen) atoms. The van der Waals surface area contributed by atoms with E-state index in [1.54, 1.807) is 6.07 Å². The minimum atomic E-state index is -3.39. The molecule has 0 atom stereocenters. The van der Waals surface area contributed by atoms with Crippen molar-refractivity contribution in [3.8, 4) is 11.5 Å². The first-order chi connectivity index (χ1) is 12.9. The molecule has 0 saturated heterocycles. The fourth-order valence-corrected chi connectivity index (χ4v) is 3.31. The molecule has 0 aliphatic rings. The molecule has 2 aromatic carbocycles. The van der Waals surface area contributed by atoms with E-state index in [9.17, 15) is 13.2 Å². The number of sulfone groups is 1. The highest BCUT2D eigenvalue weighted by molar-refractivity contribution is 7.90. The molecule has 0 spiro atoms. The molecule has 0 unspecified atom stereocenters. The molecule has 4 aromatic rings. The number of H-pyrrole nitrogens is 2. The van der Waals surface area contributed by atoms with Crippen molar-refractivity contribution in [2.24, 2.45) is 0 Å². The van der Waals surface area contributed by atoms with Crippen LogP contribution in [0, 0.1) is 0 Å². The van der Waals surface area contributed by atoms with Crippen molar-refractivity contribution < 1.29 is 13.2 Å². The van der Waals surface area contributed by atoms with Crippen molar-refractivity contribution >= 4 is 32.6 Å². The third-order valence-electron chi connectivity index (χ3n) is 3.99. The number of anilines is 1. The Morgan fingerprint density at radius 1 is 1.07 bits per heavy atom. The molecular formula is C18H15N5O3S. The lowest BCUT2D eigenvalue weighted by Gasteiger charge is -2.04. The van der Waals surface area contributed by atoms with Gasteiger partial charge in [-0.1, -0.05) is 18.2 Å². The normalized spacial score (nSPS) is 11.6. The number of nitrogens with zero attached hydrogens (tertiary/aromatic N) is 2. The number of aromatic nitrogens is 4. The van der Waals surface area contributed by atoms with Gasteiger partial charge >= 0.3 is 0 Å². The highest BCUT2D eigenvalue weighted by atomic mass is 32.2. The summed E-state index contributed by atoms with van der Waals surface area (Å²) in [7, 11) is -3.39. The van der Waals surface area contributed by atoms with Crippen molar-refractivity contribution in [3.63, 3.8) is 0 Å². The minimum absolute atomic E-state index is 0.0835. The number of aromatic amines is 2. The highest BCUT2D eigenvalue weighted by Crippen LogP contribution is 2.21. The van der Waals surface area contributed by atoms with Gasteiger partial charge in [-0.25, -0.2) is 13.4 Å². The van der Waals surface area contributed by atoms with Crippen LogP contribution in [0.5, 0.6) is 0 Å². The van der Waals surface area contributed by atoms with Crippen LogP contribution in [0.15, 0.2) is 59.5 Å². The van der Waals surface area contributed by atoms with Crippen LogP contribution in [-0.2, 0) is 9.84 Å². The molecule has 2 aromatic heterocycles. The average Bonchev–Trinajstić information content (AvgIpc) is 3.27. The molecule has 0 aliphatic heterocycles. The average molecular weight is 381 g/mol. The molecule has 0 bridgehead atoms. The van der Waals surface area contributed by atoms with Crippen LogP contribution >= 0.6 is 0 Å². The zero-order valence-electron chi connectivity index (χ0n) is 14.2. The summed E-state index contributed by atoms with van der Waals surface area (Å²) in [6.07, 6.45) is 1.09. The topological polar surface area (TPSA) is 121 Å². The second kappa shape index (κ2) is 6.36. The van der Waals surface area contributed by atoms with Gasteiger partial charge in [0.05, 0.1) is 15.9 Å². The number of imidazole rings is 1. The largest absolute Gasteiger partial charge is 0.337 e. The number of rotatable bonds is 4. The maximum atomic E-state index is 12.4. The molecule has 4 rings (SSSR count). The van der Waals surface area contributed by atoms with E-state index in [-0.39, 0.29) is 10.5 Å². The standard InChI is InChI=1S/C18H15N5O3S/c1-27(25,26)12-6-4-5-11(9-12)18(24)21-16-10-15(22-23-16)17-19-13-7-2-3-8-14(13)20-17/h2-10H,1H3,(H,19,20)(H2,21,22,23,24). The number of para-hydroxylation sites is 2. The number of fused-ring (bicyclic) bond motifs is 1. The van der Waals surface area contributed by atoms with Crippen molar-refractivity contribution in [1.82, 2.24) is 20.2 Å². The van der Waals surface area contributed by atoms with E-state index in [0.29, 0.717) is 17.3 Å². The summed E-state index contributed by atoms with van der Waals surface area (Å²) >= 11 is 0. The summed E-state index contributed by atoms with van der Waals surface area (Å²) in [5.41, 5.74) is 2.56. The Kier molecular flexibility index (Phi) is 4.00. The molecule has 2 heterocycles. The van der Waals surface area contributed by atoms with Crippen molar-refractivity contribution in [2.75, 3.05) is 11.6 Å². The first kappa shape index (κ1) is 17.0. The quantitative estimate of drug-likeness (QED) is 0.502. The van der Waals surface area contributed by atoms with E-state index in [4.69, 9.17) is 0 Å². The number of carbonyl (C=O) groups excluding carboxylic acids is 1. The van der Waals surface area contributed by atoms with Crippen LogP contribution < -0.4 is 5.32 Å². The van der Waals surface area contributed by atoms with Gasteiger partial charge in [0.15, 0.2) is 21.5 Å². The van der Waals surface area contributed by atoms with Crippen LogP contribution in [0.4, 0.5) is 5.82 Å². The van der Waals surface area contributed by atoms with E-state index < -0.39 is 15.7 Å². The Labute approximate surface area is 154 Å².